The molecule has 106 valence electrons. The lowest BCUT2D eigenvalue weighted by molar-refractivity contribution is -0.384. The second-order valence-electron chi connectivity index (χ2n) is 4.62. The van der Waals surface area contributed by atoms with E-state index in [4.69, 9.17) is 4.74 Å². The molecular weight excluding hydrogens is 270 g/mol. The smallest absolute Gasteiger partial charge is 0.271 e. The van der Waals surface area contributed by atoms with Gasteiger partial charge in [0.25, 0.3) is 5.69 Å². The van der Waals surface area contributed by atoms with Crippen molar-refractivity contribution in [2.75, 3.05) is 7.11 Å². The number of imidazole rings is 1. The first-order valence-electron chi connectivity index (χ1n) is 6.36. The number of nitro groups is 1. The summed E-state index contributed by atoms with van der Waals surface area (Å²) >= 11 is 0. The van der Waals surface area contributed by atoms with Gasteiger partial charge < -0.3 is 9.30 Å². The molecule has 21 heavy (non-hydrogen) atoms. The van der Waals surface area contributed by atoms with Gasteiger partial charge in [-0.2, -0.15) is 0 Å². The highest BCUT2D eigenvalue weighted by molar-refractivity contribution is 5.83. The number of nitro benzene ring substituents is 1. The third kappa shape index (κ3) is 2.10. The number of rotatable bonds is 3. The number of benzene rings is 2. The van der Waals surface area contributed by atoms with Gasteiger partial charge in [0.2, 0.25) is 0 Å². The predicted octanol–water partition coefficient (Wildman–Crippen LogP) is 3.16. The van der Waals surface area contributed by atoms with Crippen LogP contribution in [0.2, 0.25) is 0 Å². The molecule has 1 aromatic heterocycles. The van der Waals surface area contributed by atoms with Crippen LogP contribution in [0.4, 0.5) is 5.69 Å². The van der Waals surface area contributed by atoms with Crippen LogP contribution in [0.1, 0.15) is 0 Å². The molecule has 0 aliphatic heterocycles. The molecule has 6 heteroatoms. The van der Waals surface area contributed by atoms with Crippen molar-refractivity contribution in [2.45, 2.75) is 0 Å². The first kappa shape index (κ1) is 13.1. The number of ether oxygens (including phenoxy) is 1. The Bertz CT molecular complexity index is 839. The Hall–Kier alpha value is -2.89. The van der Waals surface area contributed by atoms with Crippen LogP contribution in [0, 0.1) is 10.1 Å². The van der Waals surface area contributed by atoms with Gasteiger partial charge in [-0.05, 0) is 18.2 Å². The Morgan fingerprint density at radius 2 is 2.00 bits per heavy atom. The van der Waals surface area contributed by atoms with Gasteiger partial charge in [0.15, 0.2) is 0 Å². The van der Waals surface area contributed by atoms with E-state index in [0.29, 0.717) is 22.6 Å². The van der Waals surface area contributed by atoms with Gasteiger partial charge >= 0.3 is 0 Å². The molecule has 3 rings (SSSR count). The SMILES string of the molecule is COc1ccccc1-c1nc2ccc([N+](=O)[O-])cc2n1C. The van der Waals surface area contributed by atoms with E-state index < -0.39 is 4.92 Å². The highest BCUT2D eigenvalue weighted by atomic mass is 16.6. The van der Waals surface area contributed by atoms with Gasteiger partial charge in [-0.1, -0.05) is 12.1 Å². The van der Waals surface area contributed by atoms with Gasteiger partial charge in [-0.3, -0.25) is 10.1 Å². The third-order valence-corrected chi connectivity index (χ3v) is 3.42. The number of hydrogen-bond acceptors (Lipinski definition) is 4. The molecule has 0 spiro atoms. The van der Waals surface area contributed by atoms with Crippen LogP contribution >= 0.6 is 0 Å². The third-order valence-electron chi connectivity index (χ3n) is 3.42. The summed E-state index contributed by atoms with van der Waals surface area (Å²) in [5, 5.41) is 10.9. The summed E-state index contributed by atoms with van der Waals surface area (Å²) in [4.78, 5) is 15.0. The fourth-order valence-electron chi connectivity index (χ4n) is 2.36. The van der Waals surface area contributed by atoms with Crippen LogP contribution in [0.3, 0.4) is 0 Å². The molecule has 0 atom stereocenters. The van der Waals surface area contributed by atoms with Crippen LogP contribution in [-0.4, -0.2) is 21.6 Å². The molecule has 0 unspecified atom stereocenters. The topological polar surface area (TPSA) is 70.2 Å². The van der Waals surface area contributed by atoms with E-state index in [1.54, 1.807) is 13.2 Å². The molecule has 0 amide bonds. The van der Waals surface area contributed by atoms with E-state index in [2.05, 4.69) is 4.98 Å². The Kier molecular flexibility index (Phi) is 3.06. The van der Waals surface area contributed by atoms with Gasteiger partial charge in [-0.25, -0.2) is 4.98 Å². The first-order valence-corrected chi connectivity index (χ1v) is 6.36. The fraction of sp³-hybridized carbons (Fsp3) is 0.133. The molecule has 0 aliphatic rings. The van der Waals surface area contributed by atoms with E-state index in [-0.39, 0.29) is 5.69 Å². The van der Waals surface area contributed by atoms with Crippen molar-refractivity contribution in [2.24, 2.45) is 7.05 Å². The zero-order valence-corrected chi connectivity index (χ0v) is 11.6. The van der Waals surface area contributed by atoms with Crippen LogP contribution in [0.15, 0.2) is 42.5 Å². The van der Waals surface area contributed by atoms with Crippen molar-refractivity contribution in [1.29, 1.82) is 0 Å². The Balaban J connectivity index is 2.25. The molecule has 2 aromatic carbocycles. The number of non-ortho nitro benzene ring substituents is 1. The number of fused-ring (bicyclic) bond motifs is 1. The van der Waals surface area contributed by atoms with Crippen LogP contribution in [0.5, 0.6) is 5.75 Å². The molecule has 0 saturated carbocycles. The Labute approximate surface area is 120 Å². The monoisotopic (exact) mass is 283 g/mol. The molecule has 1 heterocycles. The molecule has 0 bridgehead atoms. The standard InChI is InChI=1S/C15H13N3O3/c1-17-13-9-10(18(19)20)7-8-12(13)16-15(17)11-5-3-4-6-14(11)21-2/h3-9H,1-2H3. The second-order valence-corrected chi connectivity index (χ2v) is 4.62. The summed E-state index contributed by atoms with van der Waals surface area (Å²) in [7, 11) is 3.44. The molecule has 0 fully saturated rings. The molecule has 6 nitrogen and oxygen atoms in total. The highest BCUT2D eigenvalue weighted by Crippen LogP contribution is 2.31. The Morgan fingerprint density at radius 3 is 2.71 bits per heavy atom. The number of hydrogen-bond donors (Lipinski definition) is 0. The lowest BCUT2D eigenvalue weighted by Gasteiger charge is -2.07. The normalized spacial score (nSPS) is 10.8. The van der Waals surface area contributed by atoms with E-state index in [9.17, 15) is 10.1 Å². The lowest BCUT2D eigenvalue weighted by Crippen LogP contribution is -1.95. The summed E-state index contributed by atoms with van der Waals surface area (Å²) in [6, 6.07) is 12.2. The van der Waals surface area contributed by atoms with E-state index >= 15 is 0 Å². The maximum Gasteiger partial charge on any atom is 0.271 e. The molecular formula is C15H13N3O3. The number of aryl methyl sites for hydroxylation is 1. The predicted molar refractivity (Wildman–Crippen MR) is 79.4 cm³/mol. The second kappa shape index (κ2) is 4.90. The number of methoxy groups -OCH3 is 1. The van der Waals surface area contributed by atoms with E-state index in [0.717, 1.165) is 5.56 Å². The highest BCUT2D eigenvalue weighted by Gasteiger charge is 2.16. The largest absolute Gasteiger partial charge is 0.496 e. The Morgan fingerprint density at radius 1 is 1.24 bits per heavy atom. The zero-order chi connectivity index (χ0) is 15.0. The first-order chi connectivity index (χ1) is 10.1. The van der Waals surface area contributed by atoms with E-state index in [1.807, 2.05) is 35.9 Å². The molecule has 0 aliphatic carbocycles. The van der Waals surface area contributed by atoms with Gasteiger partial charge in [0.1, 0.15) is 11.6 Å². The summed E-state index contributed by atoms with van der Waals surface area (Å²) in [5.74, 6) is 1.42. The molecule has 0 N–H and O–H groups in total. The van der Waals surface area contributed by atoms with E-state index in [1.165, 1.54) is 12.1 Å². The minimum atomic E-state index is -0.408. The maximum absolute atomic E-state index is 10.9. The number of para-hydroxylation sites is 1. The van der Waals surface area contributed by atoms with Crippen molar-refractivity contribution < 1.29 is 9.66 Å². The molecule has 3 aromatic rings. The quantitative estimate of drug-likeness (QED) is 0.547. The maximum atomic E-state index is 10.9. The minimum absolute atomic E-state index is 0.0528. The summed E-state index contributed by atoms with van der Waals surface area (Å²) < 4.78 is 7.18. The van der Waals surface area contributed by atoms with Crippen molar-refractivity contribution in [3.63, 3.8) is 0 Å². The van der Waals surface area contributed by atoms with Gasteiger partial charge in [0.05, 0.1) is 28.6 Å². The van der Waals surface area contributed by atoms with Crippen molar-refractivity contribution in [3.05, 3.63) is 52.6 Å². The van der Waals surface area contributed by atoms with Crippen LogP contribution in [0.25, 0.3) is 22.4 Å². The van der Waals surface area contributed by atoms with Crippen LogP contribution in [-0.2, 0) is 7.05 Å². The van der Waals surface area contributed by atoms with Crippen molar-refractivity contribution in [3.8, 4) is 17.1 Å². The summed E-state index contributed by atoms with van der Waals surface area (Å²) in [6.07, 6.45) is 0. The van der Waals surface area contributed by atoms with Crippen LogP contribution < -0.4 is 4.74 Å². The molecule has 0 radical (unpaired) electrons. The number of nitrogens with zero attached hydrogens (tertiary/aromatic N) is 3. The van der Waals surface area contributed by atoms with Gasteiger partial charge in [0, 0.05) is 19.2 Å². The van der Waals surface area contributed by atoms with Gasteiger partial charge in [-0.15, -0.1) is 0 Å². The summed E-state index contributed by atoms with van der Waals surface area (Å²) in [6.45, 7) is 0. The lowest BCUT2D eigenvalue weighted by atomic mass is 10.2. The van der Waals surface area contributed by atoms with Crippen molar-refractivity contribution >= 4 is 16.7 Å². The fourth-order valence-corrected chi connectivity index (χ4v) is 2.36. The number of aromatic nitrogens is 2. The average molecular weight is 283 g/mol. The summed E-state index contributed by atoms with van der Waals surface area (Å²) in [5.41, 5.74) is 2.33. The minimum Gasteiger partial charge on any atom is -0.496 e. The van der Waals surface area contributed by atoms with Crippen molar-refractivity contribution in [1.82, 2.24) is 9.55 Å². The molecule has 0 saturated heterocycles. The average Bonchev–Trinajstić information content (AvgIpc) is 2.83. The zero-order valence-electron chi connectivity index (χ0n) is 11.6.